The van der Waals surface area contributed by atoms with Crippen LogP contribution in [0.5, 0.6) is 0 Å². The third-order valence-corrected chi connectivity index (χ3v) is 4.41. The highest BCUT2D eigenvalue weighted by Gasteiger charge is 2.33. The Balaban J connectivity index is 1.65. The highest BCUT2D eigenvalue weighted by molar-refractivity contribution is 5.46. The smallest absolute Gasteiger partial charge is 0.0345 e. The average molecular weight is 259 g/mol. The van der Waals surface area contributed by atoms with Crippen LogP contribution in [0.25, 0.3) is 0 Å². The third-order valence-electron chi connectivity index (χ3n) is 4.41. The van der Waals surface area contributed by atoms with Crippen molar-refractivity contribution in [2.75, 3.05) is 39.0 Å². The fourth-order valence-electron chi connectivity index (χ4n) is 3.48. The van der Waals surface area contributed by atoms with E-state index in [1.54, 1.807) is 0 Å². The summed E-state index contributed by atoms with van der Waals surface area (Å²) in [7, 11) is 4.24. The SMILES string of the molecule is CN(C)Cc1cccc(NC2CCN3CCC2C3)c1. The summed E-state index contributed by atoms with van der Waals surface area (Å²) in [5.74, 6) is 0.853. The van der Waals surface area contributed by atoms with Gasteiger partial charge in [0.25, 0.3) is 0 Å². The van der Waals surface area contributed by atoms with Crippen molar-refractivity contribution in [3.8, 4) is 0 Å². The summed E-state index contributed by atoms with van der Waals surface area (Å²) in [5, 5.41) is 3.78. The number of benzene rings is 1. The molecule has 3 nitrogen and oxygen atoms in total. The van der Waals surface area contributed by atoms with Gasteiger partial charge in [-0.25, -0.2) is 0 Å². The zero-order valence-corrected chi connectivity index (χ0v) is 12.1. The second kappa shape index (κ2) is 5.51. The molecule has 19 heavy (non-hydrogen) atoms. The highest BCUT2D eigenvalue weighted by Crippen LogP contribution is 2.29. The van der Waals surface area contributed by atoms with Gasteiger partial charge in [0.05, 0.1) is 0 Å². The first-order valence-corrected chi connectivity index (χ1v) is 7.43. The summed E-state index contributed by atoms with van der Waals surface area (Å²) in [4.78, 5) is 4.82. The topological polar surface area (TPSA) is 18.5 Å². The lowest BCUT2D eigenvalue weighted by molar-refractivity contribution is 0.255. The maximum Gasteiger partial charge on any atom is 0.0345 e. The van der Waals surface area contributed by atoms with Crippen LogP contribution in [0.15, 0.2) is 24.3 Å². The van der Waals surface area contributed by atoms with Gasteiger partial charge in [0.15, 0.2) is 0 Å². The number of piperidine rings is 1. The van der Waals surface area contributed by atoms with Gasteiger partial charge in [-0.15, -0.1) is 0 Å². The minimum absolute atomic E-state index is 0.674. The number of nitrogens with zero attached hydrogens (tertiary/aromatic N) is 2. The molecule has 3 heteroatoms. The molecule has 0 spiro atoms. The Bertz CT molecular complexity index is 430. The van der Waals surface area contributed by atoms with Gasteiger partial charge in [0.2, 0.25) is 0 Å². The van der Waals surface area contributed by atoms with Crippen molar-refractivity contribution < 1.29 is 0 Å². The molecule has 2 bridgehead atoms. The van der Waals surface area contributed by atoms with Gasteiger partial charge in [-0.05, 0) is 57.1 Å². The molecule has 3 unspecified atom stereocenters. The van der Waals surface area contributed by atoms with E-state index >= 15 is 0 Å². The van der Waals surface area contributed by atoms with Crippen LogP contribution in [0.2, 0.25) is 0 Å². The molecule has 0 aliphatic carbocycles. The van der Waals surface area contributed by atoms with Crippen molar-refractivity contribution in [3.05, 3.63) is 29.8 Å². The number of anilines is 1. The van der Waals surface area contributed by atoms with Gasteiger partial charge in [0, 0.05) is 31.4 Å². The minimum Gasteiger partial charge on any atom is -0.382 e. The van der Waals surface area contributed by atoms with E-state index in [9.17, 15) is 0 Å². The van der Waals surface area contributed by atoms with Gasteiger partial charge in [-0.2, -0.15) is 0 Å². The Labute approximate surface area is 116 Å². The normalized spacial score (nSPS) is 29.7. The Morgan fingerprint density at radius 3 is 2.95 bits per heavy atom. The van der Waals surface area contributed by atoms with E-state index in [2.05, 4.69) is 53.5 Å². The van der Waals surface area contributed by atoms with Crippen molar-refractivity contribution in [3.63, 3.8) is 0 Å². The number of nitrogens with one attached hydrogen (secondary N) is 1. The summed E-state index contributed by atoms with van der Waals surface area (Å²) < 4.78 is 0. The fourth-order valence-corrected chi connectivity index (χ4v) is 3.48. The summed E-state index contributed by atoms with van der Waals surface area (Å²) in [5.41, 5.74) is 2.68. The van der Waals surface area contributed by atoms with E-state index in [0.717, 1.165) is 12.5 Å². The Hall–Kier alpha value is -1.06. The number of hydrogen-bond donors (Lipinski definition) is 1. The summed E-state index contributed by atoms with van der Waals surface area (Å²) >= 11 is 0. The minimum atomic E-state index is 0.674. The lowest BCUT2D eigenvalue weighted by Gasteiger charge is -2.31. The third kappa shape index (κ3) is 3.10. The predicted molar refractivity (Wildman–Crippen MR) is 80.4 cm³/mol. The Morgan fingerprint density at radius 1 is 1.26 bits per heavy atom. The van der Waals surface area contributed by atoms with Crippen LogP contribution < -0.4 is 5.32 Å². The van der Waals surface area contributed by atoms with Crippen LogP contribution in [0.1, 0.15) is 18.4 Å². The molecule has 104 valence electrons. The van der Waals surface area contributed by atoms with Gasteiger partial charge < -0.3 is 15.1 Å². The molecule has 0 radical (unpaired) electrons. The van der Waals surface area contributed by atoms with Crippen molar-refractivity contribution in [2.45, 2.75) is 25.4 Å². The first-order valence-electron chi connectivity index (χ1n) is 7.43. The van der Waals surface area contributed by atoms with E-state index in [-0.39, 0.29) is 0 Å². The van der Waals surface area contributed by atoms with E-state index in [4.69, 9.17) is 0 Å². The van der Waals surface area contributed by atoms with Crippen molar-refractivity contribution >= 4 is 5.69 Å². The summed E-state index contributed by atoms with van der Waals surface area (Å²) in [6.07, 6.45) is 2.66. The second-order valence-electron chi connectivity index (χ2n) is 6.33. The molecular weight excluding hydrogens is 234 g/mol. The van der Waals surface area contributed by atoms with Crippen LogP contribution in [0.4, 0.5) is 5.69 Å². The molecule has 0 aromatic heterocycles. The van der Waals surface area contributed by atoms with Gasteiger partial charge in [-0.1, -0.05) is 12.1 Å². The number of fused-ring (bicyclic) bond motifs is 2. The molecule has 1 N–H and O–H groups in total. The lowest BCUT2D eigenvalue weighted by atomic mass is 9.94. The van der Waals surface area contributed by atoms with Gasteiger partial charge in [0.1, 0.15) is 0 Å². The largest absolute Gasteiger partial charge is 0.382 e. The first kappa shape index (κ1) is 12.9. The molecular formula is C16H25N3. The monoisotopic (exact) mass is 259 g/mol. The average Bonchev–Trinajstić information content (AvgIpc) is 2.76. The summed E-state index contributed by atoms with van der Waals surface area (Å²) in [6, 6.07) is 9.57. The Kier molecular flexibility index (Phi) is 3.76. The van der Waals surface area contributed by atoms with Crippen LogP contribution in [0.3, 0.4) is 0 Å². The Morgan fingerprint density at radius 2 is 2.11 bits per heavy atom. The van der Waals surface area contributed by atoms with Crippen molar-refractivity contribution in [1.29, 1.82) is 0 Å². The zero-order valence-electron chi connectivity index (χ0n) is 12.1. The standard InChI is InChI=1S/C16H25N3/c1-18(2)11-13-4-3-5-15(10-13)17-16-7-9-19-8-6-14(16)12-19/h3-5,10,14,16-17H,6-9,11-12H2,1-2H3. The molecule has 2 saturated heterocycles. The van der Waals surface area contributed by atoms with Crippen molar-refractivity contribution in [1.82, 2.24) is 9.80 Å². The molecule has 3 rings (SSSR count). The fraction of sp³-hybridized carbons (Fsp3) is 0.625. The first-order chi connectivity index (χ1) is 9.20. The van der Waals surface area contributed by atoms with Gasteiger partial charge in [-0.3, -0.25) is 0 Å². The quantitative estimate of drug-likeness (QED) is 0.895. The summed E-state index contributed by atoms with van der Waals surface area (Å²) in [6.45, 7) is 4.89. The van der Waals surface area contributed by atoms with E-state index < -0.39 is 0 Å². The van der Waals surface area contributed by atoms with Crippen LogP contribution in [-0.2, 0) is 6.54 Å². The predicted octanol–water partition coefficient (Wildman–Crippen LogP) is 2.25. The second-order valence-corrected chi connectivity index (χ2v) is 6.33. The zero-order chi connectivity index (χ0) is 13.2. The maximum absolute atomic E-state index is 3.78. The number of rotatable bonds is 4. The van der Waals surface area contributed by atoms with Crippen molar-refractivity contribution in [2.24, 2.45) is 5.92 Å². The molecule has 2 heterocycles. The molecule has 0 saturated carbocycles. The molecule has 2 aliphatic rings. The van der Waals surface area contributed by atoms with Gasteiger partial charge >= 0.3 is 0 Å². The van der Waals surface area contributed by atoms with Crippen LogP contribution >= 0.6 is 0 Å². The van der Waals surface area contributed by atoms with Crippen LogP contribution in [0, 0.1) is 5.92 Å². The van der Waals surface area contributed by atoms with Crippen LogP contribution in [-0.4, -0.2) is 49.6 Å². The van der Waals surface area contributed by atoms with E-state index in [1.807, 2.05) is 0 Å². The molecule has 2 fully saturated rings. The molecule has 3 atom stereocenters. The lowest BCUT2D eigenvalue weighted by Crippen LogP contribution is -2.39. The highest BCUT2D eigenvalue weighted by atomic mass is 15.2. The molecule has 1 aromatic carbocycles. The molecule has 1 aromatic rings. The number of hydrogen-bond acceptors (Lipinski definition) is 3. The maximum atomic E-state index is 3.78. The van der Waals surface area contributed by atoms with E-state index in [0.29, 0.717) is 6.04 Å². The molecule has 0 amide bonds. The van der Waals surface area contributed by atoms with E-state index in [1.165, 1.54) is 43.7 Å². The molecule has 2 aliphatic heterocycles.